The fourth-order valence-electron chi connectivity index (χ4n) is 3.30. The third kappa shape index (κ3) is 16.7. The number of primary amides is 1. The van der Waals surface area contributed by atoms with E-state index in [1.165, 1.54) is 0 Å². The number of hydrogen-bond acceptors (Lipinski definition) is 7. The molecule has 2 unspecified atom stereocenters. The van der Waals surface area contributed by atoms with Crippen molar-refractivity contribution in [3.05, 3.63) is 35.9 Å². The number of nitrogens with one attached hydrogen (secondary N) is 1. The number of rotatable bonds is 10. The summed E-state index contributed by atoms with van der Waals surface area (Å²) >= 11 is 0. The summed E-state index contributed by atoms with van der Waals surface area (Å²) in [5, 5.41) is 2.25. The Morgan fingerprint density at radius 3 is 1.90 bits per heavy atom. The van der Waals surface area contributed by atoms with Crippen molar-refractivity contribution in [2.75, 3.05) is 19.8 Å². The molecule has 0 spiro atoms. The van der Waals surface area contributed by atoms with E-state index in [0.29, 0.717) is 12.2 Å². The highest BCUT2D eigenvalue weighted by Gasteiger charge is 2.54. The van der Waals surface area contributed by atoms with Crippen LogP contribution >= 0.6 is 7.82 Å². The number of ether oxygens (including phenoxy) is 2. The minimum atomic E-state index is -4.64. The number of barbiturate groups is 1. The lowest BCUT2D eigenvalue weighted by Crippen LogP contribution is -2.67. The molecule has 20 nitrogen and oxygen atoms in total. The van der Waals surface area contributed by atoms with Crippen molar-refractivity contribution in [3.63, 3.8) is 0 Å². The molecule has 0 aromatic heterocycles. The predicted octanol–water partition coefficient (Wildman–Crippen LogP) is -5.01. The Bertz CT molecular complexity index is 909. The molecular formula is C20H44N3O17P. The zero-order valence-corrected chi connectivity index (χ0v) is 23.3. The van der Waals surface area contributed by atoms with Crippen LogP contribution in [0.5, 0.6) is 0 Å². The summed E-state index contributed by atoms with van der Waals surface area (Å²) in [4.78, 5) is 72.1. The summed E-state index contributed by atoms with van der Waals surface area (Å²) in [5.74, 6) is -1.35. The van der Waals surface area contributed by atoms with E-state index in [2.05, 4.69) is 5.32 Å². The topological polar surface area (TPSA) is 426 Å². The van der Waals surface area contributed by atoms with Gasteiger partial charge in [-0.2, -0.15) is 0 Å². The zero-order valence-electron chi connectivity index (χ0n) is 22.4. The number of nitrogens with zero attached hydrogens (tertiary/aromatic N) is 1. The van der Waals surface area contributed by atoms with Crippen molar-refractivity contribution < 1.29 is 86.2 Å². The van der Waals surface area contributed by atoms with Crippen LogP contribution in [0.2, 0.25) is 0 Å². The maximum atomic E-state index is 13.3. The number of hydrogen-bond donors (Lipinski definition) is 5. The first-order valence-electron chi connectivity index (χ1n) is 10.4. The van der Waals surface area contributed by atoms with Crippen molar-refractivity contribution >= 4 is 31.8 Å². The van der Waals surface area contributed by atoms with Crippen LogP contribution in [0.15, 0.2) is 30.3 Å². The largest absolute Gasteiger partial charge is 0.466 e. The van der Waals surface area contributed by atoms with Crippen molar-refractivity contribution in [2.45, 2.75) is 44.6 Å². The van der Waals surface area contributed by atoms with Crippen LogP contribution in [0, 0.1) is 0 Å². The maximum absolute atomic E-state index is 13.3. The Morgan fingerprint density at radius 1 is 1.00 bits per heavy atom. The molecule has 246 valence electrons. The van der Waals surface area contributed by atoms with Gasteiger partial charge in [-0.3, -0.25) is 19.8 Å². The Balaban J connectivity index is -0.000000178. The molecule has 21 heteroatoms. The van der Waals surface area contributed by atoms with E-state index in [-0.39, 0.29) is 57.9 Å². The van der Waals surface area contributed by atoms with Crippen LogP contribution in [0.1, 0.15) is 38.7 Å². The number of carbonyl (C=O) groups excluding carboxylic acids is 4. The standard InChI is InChI=1S/C20H27N3O6.H3O4P.7H2O/c1-3-5-11-28-13-15(29-18(21)26)12-23-17(25)20(4-2,16(24)22-19(23)27)14-9-7-6-8-10-14;1-5(2,3)4;;;;;;;/h6-10,15H,3-5,11-13H2,1-2H3,(H2,21,26)(H,22,24,27);(H3,1,2,3,4);7*1H2. The first-order chi connectivity index (χ1) is 15.9. The zero-order chi connectivity index (χ0) is 25.9. The fourth-order valence-corrected chi connectivity index (χ4v) is 3.30. The molecule has 0 saturated carbocycles. The van der Waals surface area contributed by atoms with E-state index in [9.17, 15) is 19.2 Å². The van der Waals surface area contributed by atoms with Crippen LogP contribution in [0.4, 0.5) is 9.59 Å². The molecule has 41 heavy (non-hydrogen) atoms. The van der Waals surface area contributed by atoms with Crippen LogP contribution in [-0.4, -0.2) is 108 Å². The molecule has 2 rings (SSSR count). The van der Waals surface area contributed by atoms with Crippen molar-refractivity contribution in [3.8, 4) is 0 Å². The molecule has 20 N–H and O–H groups in total. The van der Waals surface area contributed by atoms with E-state index < -0.39 is 43.3 Å². The molecule has 1 aromatic carbocycles. The number of carbonyl (C=O) groups is 4. The number of phosphoric acid groups is 1. The van der Waals surface area contributed by atoms with Gasteiger partial charge in [0, 0.05) is 6.61 Å². The number of imide groups is 2. The van der Waals surface area contributed by atoms with Gasteiger partial charge < -0.3 is 68.2 Å². The lowest BCUT2D eigenvalue weighted by atomic mass is 9.74. The quantitative estimate of drug-likeness (QED) is 0.0931. The molecule has 1 aromatic rings. The van der Waals surface area contributed by atoms with E-state index in [1.54, 1.807) is 37.3 Å². The van der Waals surface area contributed by atoms with Crippen LogP contribution in [-0.2, 0) is 29.0 Å². The molecule has 0 radical (unpaired) electrons. The number of urea groups is 1. The Hall–Kier alpha value is -3.11. The van der Waals surface area contributed by atoms with Gasteiger partial charge in [-0.25, -0.2) is 14.2 Å². The molecule has 5 amide bonds. The maximum Gasteiger partial charge on any atom is 0.466 e. The smallest absolute Gasteiger partial charge is 0.442 e. The molecular weight excluding hydrogens is 585 g/mol. The number of nitrogens with two attached hydrogens (primary N) is 1. The minimum Gasteiger partial charge on any atom is -0.442 e. The van der Waals surface area contributed by atoms with Gasteiger partial charge in [-0.05, 0) is 18.4 Å². The highest BCUT2D eigenvalue weighted by Crippen LogP contribution is 2.33. The highest BCUT2D eigenvalue weighted by molar-refractivity contribution is 7.45. The van der Waals surface area contributed by atoms with Gasteiger partial charge in [-0.15, -0.1) is 0 Å². The summed E-state index contributed by atoms with van der Waals surface area (Å²) in [5.41, 5.74) is 4.05. The van der Waals surface area contributed by atoms with E-state index in [1.807, 2.05) is 6.92 Å². The summed E-state index contributed by atoms with van der Waals surface area (Å²) in [7, 11) is -4.64. The average Bonchev–Trinajstić information content (AvgIpc) is 2.74. The van der Waals surface area contributed by atoms with Crippen LogP contribution in [0.3, 0.4) is 0 Å². The summed E-state index contributed by atoms with van der Waals surface area (Å²) in [6.45, 7) is 3.84. The Morgan fingerprint density at radius 2 is 1.49 bits per heavy atom. The van der Waals surface area contributed by atoms with Gasteiger partial charge in [-0.1, -0.05) is 50.6 Å². The lowest BCUT2D eigenvalue weighted by Gasteiger charge is -2.39. The van der Waals surface area contributed by atoms with Gasteiger partial charge in [0.25, 0.3) is 5.91 Å². The van der Waals surface area contributed by atoms with E-state index in [0.717, 1.165) is 17.7 Å². The Kier molecular flexibility index (Phi) is 32.5. The van der Waals surface area contributed by atoms with Crippen LogP contribution in [0.25, 0.3) is 0 Å². The predicted molar refractivity (Wildman–Crippen MR) is 143 cm³/mol. The van der Waals surface area contributed by atoms with Gasteiger partial charge in [0.05, 0.1) is 13.2 Å². The van der Waals surface area contributed by atoms with Gasteiger partial charge in [0.1, 0.15) is 6.10 Å². The molecule has 1 heterocycles. The SMILES string of the molecule is CCCCOCC(CN1C(=O)NC(=O)C(CC)(c2ccccc2)C1=O)OC(N)=O.O.O.O.O.O.O.O.O=P(O)(O)O. The molecule has 1 saturated heterocycles. The van der Waals surface area contributed by atoms with Gasteiger partial charge in [0.15, 0.2) is 5.41 Å². The Labute approximate surface area is 234 Å². The van der Waals surface area contributed by atoms with Crippen molar-refractivity contribution in [1.82, 2.24) is 10.2 Å². The summed E-state index contributed by atoms with van der Waals surface area (Å²) in [6, 6.07) is 7.67. The van der Waals surface area contributed by atoms with E-state index in [4.69, 9.17) is 34.5 Å². The number of benzene rings is 1. The van der Waals surface area contributed by atoms with Crippen molar-refractivity contribution in [2.24, 2.45) is 5.73 Å². The average molecular weight is 630 g/mol. The second-order valence-electron chi connectivity index (χ2n) is 7.30. The number of amides is 5. The third-order valence-corrected chi connectivity index (χ3v) is 4.88. The molecule has 0 bridgehead atoms. The van der Waals surface area contributed by atoms with E-state index >= 15 is 0 Å². The molecule has 0 aliphatic carbocycles. The molecule has 1 fully saturated rings. The lowest BCUT2D eigenvalue weighted by molar-refractivity contribution is -0.146. The van der Waals surface area contributed by atoms with Gasteiger partial charge in [0.2, 0.25) is 5.91 Å². The number of unbranched alkanes of at least 4 members (excludes halogenated alkanes) is 1. The van der Waals surface area contributed by atoms with Crippen LogP contribution < -0.4 is 11.1 Å². The first kappa shape index (κ1) is 54.0. The van der Waals surface area contributed by atoms with Gasteiger partial charge >= 0.3 is 19.9 Å². The monoisotopic (exact) mass is 629 g/mol. The normalized spacial score (nSPS) is 15.8. The first-order valence-corrected chi connectivity index (χ1v) is 12.0. The molecule has 1 aliphatic heterocycles. The highest BCUT2D eigenvalue weighted by atomic mass is 31.2. The second-order valence-corrected chi connectivity index (χ2v) is 8.33. The fraction of sp³-hybridized carbons (Fsp3) is 0.500. The summed E-state index contributed by atoms with van der Waals surface area (Å²) < 4.78 is 19.4. The minimum absolute atomic E-state index is 0. The summed E-state index contributed by atoms with van der Waals surface area (Å²) in [6.07, 6.45) is -0.0994. The second kappa shape index (κ2) is 24.7. The van der Waals surface area contributed by atoms with Crippen molar-refractivity contribution in [1.29, 1.82) is 0 Å². The third-order valence-electron chi connectivity index (χ3n) is 4.88. The molecule has 1 aliphatic rings. The molecule has 2 atom stereocenters.